The molecular weight excluding hydrogens is 320 g/mol. The third-order valence-electron chi connectivity index (χ3n) is 4.37. The molecule has 128 valence electrons. The first-order valence-electron chi connectivity index (χ1n) is 8.53. The molecule has 3 aromatic rings. The molecule has 1 aliphatic carbocycles. The van der Waals surface area contributed by atoms with E-state index in [1.165, 1.54) is 24.0 Å². The van der Waals surface area contributed by atoms with Gasteiger partial charge in [0.2, 0.25) is 0 Å². The maximum atomic E-state index is 12.1. The molecule has 1 aliphatic rings. The van der Waals surface area contributed by atoms with Crippen LogP contribution in [0.1, 0.15) is 32.6 Å². The second-order valence-corrected chi connectivity index (χ2v) is 6.13. The third kappa shape index (κ3) is 4.17. The first kappa shape index (κ1) is 17.4. The molecular formula is C23H20N2O. The lowest BCUT2D eigenvalue weighted by Gasteiger charge is -2.08. The Bertz CT molecular complexity index is 936. The summed E-state index contributed by atoms with van der Waals surface area (Å²) in [5.41, 5.74) is 5.84. The van der Waals surface area contributed by atoms with Crippen molar-refractivity contribution in [3.8, 4) is 12.3 Å². The highest BCUT2D eigenvalue weighted by molar-refractivity contribution is 6.05. The highest BCUT2D eigenvalue weighted by Crippen LogP contribution is 2.16. The van der Waals surface area contributed by atoms with Crippen molar-refractivity contribution in [2.75, 3.05) is 5.32 Å². The maximum Gasteiger partial charge on any atom is 0.255 e. The van der Waals surface area contributed by atoms with Gasteiger partial charge in [-0.15, -0.1) is 6.42 Å². The van der Waals surface area contributed by atoms with E-state index in [9.17, 15) is 4.79 Å². The smallest absolute Gasteiger partial charge is 0.255 e. The Morgan fingerprint density at radius 2 is 1.69 bits per heavy atom. The van der Waals surface area contributed by atoms with Crippen molar-refractivity contribution in [2.45, 2.75) is 19.8 Å². The summed E-state index contributed by atoms with van der Waals surface area (Å²) in [6, 6.07) is 17.6. The van der Waals surface area contributed by atoms with E-state index in [1.807, 2.05) is 13.0 Å². The number of terminal acetylenes is 1. The van der Waals surface area contributed by atoms with E-state index in [-0.39, 0.29) is 5.91 Å². The molecule has 3 heteroatoms. The summed E-state index contributed by atoms with van der Waals surface area (Å²) in [5.74, 6) is 2.39. The lowest BCUT2D eigenvalue weighted by atomic mass is 10.0. The fourth-order valence-electron chi connectivity index (χ4n) is 2.90. The number of aromatic nitrogens is 1. The van der Waals surface area contributed by atoms with E-state index in [4.69, 9.17) is 6.42 Å². The number of carbonyl (C=O) groups excluding carboxylic acids is 1. The molecule has 0 unspecified atom stereocenters. The van der Waals surface area contributed by atoms with E-state index in [0.29, 0.717) is 11.3 Å². The highest BCUT2D eigenvalue weighted by Gasteiger charge is 2.10. The van der Waals surface area contributed by atoms with Crippen molar-refractivity contribution < 1.29 is 4.79 Å². The summed E-state index contributed by atoms with van der Waals surface area (Å²) in [6.45, 7) is 1.84. The zero-order valence-electron chi connectivity index (χ0n) is 14.7. The average Bonchev–Trinajstić information content (AvgIpc) is 3.00. The lowest BCUT2D eigenvalue weighted by molar-refractivity contribution is 0.102. The predicted octanol–water partition coefficient (Wildman–Crippen LogP) is 4.41. The molecule has 0 atom stereocenters. The molecule has 1 aromatic heterocycles. The molecule has 0 saturated heterocycles. The number of pyridine rings is 1. The molecule has 0 saturated carbocycles. The molecule has 3 nitrogen and oxygen atoms in total. The SMILES string of the molecule is C#Cc1cccc(C(=O)Nc2ccncc2)c1C.c1cc2cc(c1)CC2. The lowest BCUT2D eigenvalue weighted by Crippen LogP contribution is -2.13. The van der Waals surface area contributed by atoms with Gasteiger partial charge >= 0.3 is 0 Å². The first-order chi connectivity index (χ1) is 12.7. The number of hydrogen-bond acceptors (Lipinski definition) is 2. The predicted molar refractivity (Wildman–Crippen MR) is 105 cm³/mol. The zero-order valence-corrected chi connectivity index (χ0v) is 14.7. The minimum atomic E-state index is -0.171. The summed E-state index contributed by atoms with van der Waals surface area (Å²) in [6.07, 6.45) is 11.2. The van der Waals surface area contributed by atoms with Crippen LogP contribution in [0.15, 0.2) is 67.0 Å². The second-order valence-electron chi connectivity index (χ2n) is 6.13. The molecule has 0 radical (unpaired) electrons. The number of hydrogen-bond donors (Lipinski definition) is 1. The Morgan fingerprint density at radius 3 is 2.31 bits per heavy atom. The molecule has 0 spiro atoms. The number of carbonyl (C=O) groups is 1. The second kappa shape index (κ2) is 8.13. The standard InChI is InChI=1S/C15H12N2O.C8H8/c1-3-12-5-4-6-14(11(12)2)15(18)17-13-7-9-16-10-8-13;1-2-7-4-5-8(3-1)6-7/h1,4-10H,2H3,(H,16,17,18);1-3,6H,4-5H2. The number of nitrogens with one attached hydrogen (secondary N) is 1. The van der Waals surface area contributed by atoms with Crippen LogP contribution in [0.25, 0.3) is 0 Å². The van der Waals surface area contributed by atoms with Crippen LogP contribution in [0.3, 0.4) is 0 Å². The number of benzene rings is 2. The number of amides is 1. The van der Waals surface area contributed by atoms with Crippen LogP contribution in [0.4, 0.5) is 5.69 Å². The summed E-state index contributed by atoms with van der Waals surface area (Å²) in [4.78, 5) is 16.0. The van der Waals surface area contributed by atoms with Gasteiger partial charge in [0.05, 0.1) is 0 Å². The minimum Gasteiger partial charge on any atom is -0.322 e. The number of rotatable bonds is 2. The molecule has 26 heavy (non-hydrogen) atoms. The van der Waals surface area contributed by atoms with Crippen molar-refractivity contribution in [2.24, 2.45) is 0 Å². The van der Waals surface area contributed by atoms with Crippen LogP contribution >= 0.6 is 0 Å². The van der Waals surface area contributed by atoms with E-state index in [0.717, 1.165) is 11.1 Å². The van der Waals surface area contributed by atoms with Crippen molar-refractivity contribution in [1.29, 1.82) is 0 Å². The van der Waals surface area contributed by atoms with Gasteiger partial charge in [-0.2, -0.15) is 0 Å². The summed E-state index contributed by atoms with van der Waals surface area (Å²) < 4.78 is 0. The van der Waals surface area contributed by atoms with Crippen LogP contribution < -0.4 is 5.32 Å². The normalized spacial score (nSPS) is 11.1. The molecule has 1 amide bonds. The van der Waals surface area contributed by atoms with Crippen LogP contribution in [0.5, 0.6) is 0 Å². The van der Waals surface area contributed by atoms with Gasteiger partial charge < -0.3 is 5.32 Å². The van der Waals surface area contributed by atoms with Crippen molar-refractivity contribution in [3.05, 3.63) is 94.8 Å². The van der Waals surface area contributed by atoms with E-state index < -0.39 is 0 Å². The molecule has 0 fully saturated rings. The molecule has 2 bridgehead atoms. The van der Waals surface area contributed by atoms with Crippen molar-refractivity contribution in [1.82, 2.24) is 4.98 Å². The van der Waals surface area contributed by atoms with Crippen molar-refractivity contribution >= 4 is 11.6 Å². The Kier molecular flexibility index (Phi) is 5.46. The largest absolute Gasteiger partial charge is 0.322 e. The van der Waals surface area contributed by atoms with Gasteiger partial charge in [0.25, 0.3) is 5.91 Å². The Labute approximate surface area is 154 Å². The molecule has 1 N–H and O–H groups in total. The van der Waals surface area contributed by atoms with Gasteiger partial charge in [-0.25, -0.2) is 0 Å². The highest BCUT2D eigenvalue weighted by atomic mass is 16.1. The van der Waals surface area contributed by atoms with Crippen LogP contribution in [0.2, 0.25) is 0 Å². The van der Waals surface area contributed by atoms with Crippen LogP contribution in [-0.4, -0.2) is 10.9 Å². The molecule has 0 aliphatic heterocycles. The zero-order chi connectivity index (χ0) is 18.4. The van der Waals surface area contributed by atoms with Gasteiger partial charge in [-0.3, -0.25) is 9.78 Å². The fourth-order valence-corrected chi connectivity index (χ4v) is 2.90. The average molecular weight is 340 g/mol. The van der Waals surface area contributed by atoms with Crippen molar-refractivity contribution in [3.63, 3.8) is 0 Å². The fraction of sp³-hybridized carbons (Fsp3) is 0.130. The number of anilines is 1. The van der Waals surface area contributed by atoms with Gasteiger partial charge in [0.1, 0.15) is 0 Å². The molecule has 2 aromatic carbocycles. The maximum absolute atomic E-state index is 12.1. The Hall–Kier alpha value is -3.38. The van der Waals surface area contributed by atoms with Gasteiger partial charge in [-0.05, 0) is 60.7 Å². The number of fused-ring (bicyclic) bond motifs is 2. The van der Waals surface area contributed by atoms with Gasteiger partial charge in [-0.1, -0.05) is 36.3 Å². The Balaban J connectivity index is 0.000000201. The van der Waals surface area contributed by atoms with Crippen LogP contribution in [-0.2, 0) is 12.8 Å². The van der Waals surface area contributed by atoms with E-state index >= 15 is 0 Å². The number of aryl methyl sites for hydroxylation is 2. The molecule has 1 heterocycles. The minimum absolute atomic E-state index is 0.171. The van der Waals surface area contributed by atoms with E-state index in [1.54, 1.807) is 36.7 Å². The number of nitrogens with zero attached hydrogens (tertiary/aromatic N) is 1. The molecule has 4 rings (SSSR count). The van der Waals surface area contributed by atoms with Gasteiger partial charge in [0.15, 0.2) is 0 Å². The Morgan fingerprint density at radius 1 is 1.04 bits per heavy atom. The van der Waals surface area contributed by atoms with Gasteiger partial charge in [0, 0.05) is 29.2 Å². The van der Waals surface area contributed by atoms with E-state index in [2.05, 4.69) is 40.5 Å². The monoisotopic (exact) mass is 340 g/mol. The van der Waals surface area contributed by atoms with Crippen LogP contribution in [0, 0.1) is 19.3 Å². The third-order valence-corrected chi connectivity index (χ3v) is 4.37. The summed E-state index contributed by atoms with van der Waals surface area (Å²) in [5, 5.41) is 2.80. The topological polar surface area (TPSA) is 42.0 Å². The quantitative estimate of drug-likeness (QED) is 0.702. The summed E-state index contributed by atoms with van der Waals surface area (Å²) in [7, 11) is 0. The first-order valence-corrected chi connectivity index (χ1v) is 8.53. The summed E-state index contributed by atoms with van der Waals surface area (Å²) >= 11 is 0.